The highest BCUT2D eigenvalue weighted by Crippen LogP contribution is 2.14. The molecule has 0 saturated heterocycles. The van der Waals surface area contributed by atoms with E-state index in [1.54, 1.807) is 24.1 Å². The molecule has 0 N–H and O–H groups in total. The first-order valence-corrected chi connectivity index (χ1v) is 5.54. The van der Waals surface area contributed by atoms with Crippen molar-refractivity contribution in [2.24, 2.45) is 0 Å². The van der Waals surface area contributed by atoms with Gasteiger partial charge in [0.15, 0.2) is 11.0 Å². The van der Waals surface area contributed by atoms with E-state index in [4.69, 9.17) is 16.0 Å². The number of hydrogen-bond acceptors (Lipinski definition) is 3. The van der Waals surface area contributed by atoms with Gasteiger partial charge in [-0.05, 0) is 50.8 Å². The number of halogens is 1. The van der Waals surface area contributed by atoms with Crippen molar-refractivity contribution in [2.45, 2.75) is 6.42 Å². The molecule has 0 fully saturated rings. The minimum Gasteiger partial charge on any atom is -0.440 e. The van der Waals surface area contributed by atoms with Gasteiger partial charge < -0.3 is 14.2 Å². The summed E-state index contributed by atoms with van der Waals surface area (Å²) in [5.74, 6) is 0.156. The van der Waals surface area contributed by atoms with Crippen LogP contribution in [0.1, 0.15) is 17.0 Å². The molecule has 0 aliphatic rings. The predicted molar refractivity (Wildman–Crippen MR) is 63.8 cm³/mol. The number of carbonyl (C=O) groups excluding carboxylic acids is 1. The molecule has 0 spiro atoms. The largest absolute Gasteiger partial charge is 0.440 e. The Morgan fingerprint density at radius 1 is 1.31 bits per heavy atom. The molecule has 1 aromatic heterocycles. The zero-order chi connectivity index (χ0) is 12.1. The quantitative estimate of drug-likeness (QED) is 0.795. The Morgan fingerprint density at radius 2 is 2.00 bits per heavy atom. The first-order valence-electron chi connectivity index (χ1n) is 5.16. The van der Waals surface area contributed by atoms with Crippen molar-refractivity contribution in [3.8, 4) is 0 Å². The van der Waals surface area contributed by atoms with Gasteiger partial charge in [0.2, 0.25) is 0 Å². The zero-order valence-corrected chi connectivity index (χ0v) is 10.6. The van der Waals surface area contributed by atoms with Gasteiger partial charge in [0, 0.05) is 13.6 Å². The molecule has 0 saturated carbocycles. The van der Waals surface area contributed by atoms with Gasteiger partial charge in [0.05, 0.1) is 0 Å². The van der Waals surface area contributed by atoms with Crippen LogP contribution in [0.25, 0.3) is 0 Å². The third kappa shape index (κ3) is 3.87. The minimum absolute atomic E-state index is 0.134. The topological polar surface area (TPSA) is 36.7 Å². The summed E-state index contributed by atoms with van der Waals surface area (Å²) in [5.41, 5.74) is 0. The SMILES string of the molecule is CN(C)CCCN(C)C(=O)c1ccc(Cl)o1. The van der Waals surface area contributed by atoms with E-state index >= 15 is 0 Å². The van der Waals surface area contributed by atoms with Crippen LogP contribution in [0.4, 0.5) is 0 Å². The molecule has 0 atom stereocenters. The predicted octanol–water partition coefficient (Wildman–Crippen LogP) is 1.96. The molecular weight excluding hydrogens is 228 g/mol. The van der Waals surface area contributed by atoms with Gasteiger partial charge in [-0.15, -0.1) is 0 Å². The Balaban J connectivity index is 2.42. The van der Waals surface area contributed by atoms with Crippen LogP contribution in [0, 0.1) is 0 Å². The Kier molecular flexibility index (Phi) is 4.83. The second kappa shape index (κ2) is 5.92. The van der Waals surface area contributed by atoms with E-state index in [0.29, 0.717) is 6.54 Å². The molecule has 0 aliphatic carbocycles. The second-order valence-electron chi connectivity index (χ2n) is 3.99. The van der Waals surface area contributed by atoms with Crippen molar-refractivity contribution in [3.05, 3.63) is 23.1 Å². The van der Waals surface area contributed by atoms with Gasteiger partial charge in [0.1, 0.15) is 0 Å². The molecule has 1 heterocycles. The molecule has 0 bridgehead atoms. The summed E-state index contributed by atoms with van der Waals surface area (Å²) in [6.45, 7) is 1.66. The van der Waals surface area contributed by atoms with Crippen molar-refractivity contribution in [1.29, 1.82) is 0 Å². The lowest BCUT2D eigenvalue weighted by molar-refractivity contribution is 0.0759. The number of hydrogen-bond donors (Lipinski definition) is 0. The Labute approximate surface area is 101 Å². The maximum Gasteiger partial charge on any atom is 0.289 e. The average molecular weight is 245 g/mol. The third-order valence-electron chi connectivity index (χ3n) is 2.23. The molecule has 16 heavy (non-hydrogen) atoms. The number of carbonyl (C=O) groups is 1. The fraction of sp³-hybridized carbons (Fsp3) is 0.545. The second-order valence-corrected chi connectivity index (χ2v) is 4.36. The zero-order valence-electron chi connectivity index (χ0n) is 9.86. The van der Waals surface area contributed by atoms with Crippen LogP contribution in [0.5, 0.6) is 0 Å². The van der Waals surface area contributed by atoms with Crippen molar-refractivity contribution >= 4 is 17.5 Å². The summed E-state index contributed by atoms with van der Waals surface area (Å²) < 4.78 is 5.06. The Bertz CT molecular complexity index is 350. The summed E-state index contributed by atoms with van der Waals surface area (Å²) in [4.78, 5) is 15.5. The van der Waals surface area contributed by atoms with Crippen LogP contribution in [0.3, 0.4) is 0 Å². The highest BCUT2D eigenvalue weighted by atomic mass is 35.5. The lowest BCUT2D eigenvalue weighted by Crippen LogP contribution is -2.29. The number of furan rings is 1. The standard InChI is InChI=1S/C11H17ClN2O2/c1-13(2)7-4-8-14(3)11(15)9-5-6-10(12)16-9/h5-6H,4,7-8H2,1-3H3. The monoisotopic (exact) mass is 244 g/mol. The summed E-state index contributed by atoms with van der Waals surface area (Å²) in [6, 6.07) is 3.16. The van der Waals surface area contributed by atoms with E-state index in [9.17, 15) is 4.79 Å². The lowest BCUT2D eigenvalue weighted by atomic mass is 10.3. The fourth-order valence-corrected chi connectivity index (χ4v) is 1.49. The van der Waals surface area contributed by atoms with Gasteiger partial charge in [-0.3, -0.25) is 4.79 Å². The highest BCUT2D eigenvalue weighted by Gasteiger charge is 2.15. The summed E-state index contributed by atoms with van der Waals surface area (Å²) in [7, 11) is 5.77. The smallest absolute Gasteiger partial charge is 0.289 e. The van der Waals surface area contributed by atoms with Gasteiger partial charge in [-0.2, -0.15) is 0 Å². The average Bonchev–Trinajstić information content (AvgIpc) is 2.63. The normalized spacial score (nSPS) is 10.8. The first-order chi connectivity index (χ1) is 7.50. The molecule has 0 radical (unpaired) electrons. The number of rotatable bonds is 5. The van der Waals surface area contributed by atoms with E-state index in [1.165, 1.54) is 0 Å². The van der Waals surface area contributed by atoms with Gasteiger partial charge in [-0.25, -0.2) is 0 Å². The van der Waals surface area contributed by atoms with Gasteiger partial charge in [0.25, 0.3) is 5.91 Å². The van der Waals surface area contributed by atoms with Crippen molar-refractivity contribution in [1.82, 2.24) is 9.80 Å². The Morgan fingerprint density at radius 3 is 2.50 bits per heavy atom. The van der Waals surface area contributed by atoms with E-state index in [0.717, 1.165) is 13.0 Å². The van der Waals surface area contributed by atoms with Crippen molar-refractivity contribution in [3.63, 3.8) is 0 Å². The molecule has 90 valence electrons. The van der Waals surface area contributed by atoms with E-state index in [2.05, 4.69) is 4.90 Å². The number of amides is 1. The molecule has 0 aliphatic heterocycles. The molecule has 1 amide bonds. The van der Waals surface area contributed by atoms with E-state index in [-0.39, 0.29) is 16.9 Å². The van der Waals surface area contributed by atoms with Gasteiger partial charge >= 0.3 is 0 Å². The summed E-state index contributed by atoms with van der Waals surface area (Å²) in [5, 5.41) is 0.241. The van der Waals surface area contributed by atoms with Crippen LogP contribution in [-0.4, -0.2) is 49.9 Å². The van der Waals surface area contributed by atoms with Crippen LogP contribution < -0.4 is 0 Å². The molecule has 0 aromatic carbocycles. The maximum atomic E-state index is 11.8. The summed E-state index contributed by atoms with van der Waals surface area (Å²) in [6.07, 6.45) is 0.934. The molecule has 1 rings (SSSR count). The van der Waals surface area contributed by atoms with E-state index < -0.39 is 0 Å². The highest BCUT2D eigenvalue weighted by molar-refractivity contribution is 6.29. The fourth-order valence-electron chi connectivity index (χ4n) is 1.34. The van der Waals surface area contributed by atoms with Crippen LogP contribution in [-0.2, 0) is 0 Å². The van der Waals surface area contributed by atoms with Gasteiger partial charge in [-0.1, -0.05) is 0 Å². The maximum absolute atomic E-state index is 11.8. The molecule has 1 aromatic rings. The first kappa shape index (κ1) is 13.1. The minimum atomic E-state index is -0.134. The molecule has 5 heteroatoms. The Hall–Kier alpha value is -1.00. The molecule has 4 nitrogen and oxygen atoms in total. The third-order valence-corrected chi connectivity index (χ3v) is 2.43. The van der Waals surface area contributed by atoms with Crippen molar-refractivity contribution in [2.75, 3.05) is 34.2 Å². The molecule has 0 unspecified atom stereocenters. The van der Waals surface area contributed by atoms with Crippen LogP contribution >= 0.6 is 11.6 Å². The van der Waals surface area contributed by atoms with Crippen LogP contribution in [0.2, 0.25) is 5.22 Å². The van der Waals surface area contributed by atoms with Crippen LogP contribution in [0.15, 0.2) is 16.5 Å². The lowest BCUT2D eigenvalue weighted by Gasteiger charge is -2.17. The number of nitrogens with zero attached hydrogens (tertiary/aromatic N) is 2. The summed E-state index contributed by atoms with van der Waals surface area (Å²) >= 11 is 5.61. The molecular formula is C11H17ClN2O2. The van der Waals surface area contributed by atoms with E-state index in [1.807, 2.05) is 14.1 Å². The van der Waals surface area contributed by atoms with Crippen molar-refractivity contribution < 1.29 is 9.21 Å².